The molecule has 2 aromatic rings. The van der Waals surface area contributed by atoms with Gasteiger partial charge in [-0.2, -0.15) is 0 Å². The van der Waals surface area contributed by atoms with Crippen molar-refractivity contribution in [2.75, 3.05) is 33.3 Å². The summed E-state index contributed by atoms with van der Waals surface area (Å²) < 4.78 is 4.81. The highest BCUT2D eigenvalue weighted by molar-refractivity contribution is 6.46. The second kappa shape index (κ2) is 10.4. The van der Waals surface area contributed by atoms with Gasteiger partial charge in [-0.25, -0.2) is 4.79 Å². The molecule has 1 amide bonds. The van der Waals surface area contributed by atoms with Crippen LogP contribution >= 0.6 is 11.6 Å². The van der Waals surface area contributed by atoms with Crippen LogP contribution in [0, 0.1) is 13.8 Å². The summed E-state index contributed by atoms with van der Waals surface area (Å²) in [6.45, 7) is 9.88. The number of ketones is 1. The van der Waals surface area contributed by atoms with E-state index >= 15 is 0 Å². The molecule has 0 saturated carbocycles. The number of Topliss-reactive ketones (excluding diaryl/α,β-unsaturated/α-hetero) is 1. The molecule has 0 radical (unpaired) electrons. The molecule has 0 spiro atoms. The number of aryl methyl sites for hydroxylation is 1. The molecular formula is C25H30ClN3O5. The van der Waals surface area contributed by atoms with Gasteiger partial charge in [-0.1, -0.05) is 37.6 Å². The van der Waals surface area contributed by atoms with E-state index in [1.807, 2.05) is 13.8 Å². The van der Waals surface area contributed by atoms with Crippen LogP contribution in [0.5, 0.6) is 0 Å². The summed E-state index contributed by atoms with van der Waals surface area (Å²) in [6.07, 6.45) is 0. The van der Waals surface area contributed by atoms with Crippen LogP contribution in [0.1, 0.15) is 52.8 Å². The normalized spacial score (nSPS) is 17.6. The van der Waals surface area contributed by atoms with Gasteiger partial charge in [0.15, 0.2) is 0 Å². The van der Waals surface area contributed by atoms with Crippen molar-refractivity contribution in [3.8, 4) is 0 Å². The van der Waals surface area contributed by atoms with Gasteiger partial charge in [0.1, 0.15) is 11.5 Å². The number of likely N-dealkylation sites (tertiary alicyclic amines) is 1. The number of likely N-dealkylation sites (N-methyl/N-ethyl adjacent to an activating group) is 1. The smallest absolute Gasteiger partial charge is 0.354 e. The van der Waals surface area contributed by atoms with Crippen molar-refractivity contribution < 1.29 is 24.2 Å². The van der Waals surface area contributed by atoms with Crippen LogP contribution in [-0.2, 0) is 14.3 Å². The molecule has 1 fully saturated rings. The average molecular weight is 488 g/mol. The van der Waals surface area contributed by atoms with E-state index in [9.17, 15) is 19.5 Å². The zero-order valence-electron chi connectivity index (χ0n) is 20.1. The zero-order chi connectivity index (χ0) is 25.2. The Kier molecular flexibility index (Phi) is 7.84. The minimum atomic E-state index is -0.815. The molecule has 182 valence electrons. The summed E-state index contributed by atoms with van der Waals surface area (Å²) in [7, 11) is 1.26. The van der Waals surface area contributed by atoms with Gasteiger partial charge in [0.05, 0.1) is 18.7 Å². The van der Waals surface area contributed by atoms with Gasteiger partial charge in [-0.3, -0.25) is 9.59 Å². The predicted octanol–water partition coefficient (Wildman–Crippen LogP) is 3.84. The molecule has 9 heteroatoms. The first-order chi connectivity index (χ1) is 16.2. The predicted molar refractivity (Wildman–Crippen MR) is 130 cm³/mol. The maximum absolute atomic E-state index is 13.2. The molecule has 1 aliphatic heterocycles. The number of carbonyl (C=O) groups is 3. The number of H-pyrrole nitrogens is 1. The number of amides is 1. The summed E-state index contributed by atoms with van der Waals surface area (Å²) in [5.74, 6) is -2.39. The summed E-state index contributed by atoms with van der Waals surface area (Å²) in [6, 6.07) is 6.09. The summed E-state index contributed by atoms with van der Waals surface area (Å²) in [5, 5.41) is 11.8. The number of aromatic nitrogens is 1. The number of nitrogens with one attached hydrogen (secondary N) is 1. The fourth-order valence-electron chi connectivity index (χ4n) is 4.47. The largest absolute Gasteiger partial charge is 0.507 e. The molecule has 1 aliphatic rings. The summed E-state index contributed by atoms with van der Waals surface area (Å²) in [4.78, 5) is 45.1. The molecule has 34 heavy (non-hydrogen) atoms. The minimum Gasteiger partial charge on any atom is -0.507 e. The lowest BCUT2D eigenvalue weighted by molar-refractivity contribution is -0.140. The molecule has 1 aromatic carbocycles. The third kappa shape index (κ3) is 4.60. The van der Waals surface area contributed by atoms with E-state index in [2.05, 4.69) is 9.88 Å². The Morgan fingerprint density at radius 1 is 1.24 bits per heavy atom. The minimum absolute atomic E-state index is 0.0339. The third-order valence-electron chi connectivity index (χ3n) is 6.32. The number of ether oxygens (including phenoxy) is 1. The first-order valence-corrected chi connectivity index (χ1v) is 11.6. The molecule has 0 unspecified atom stereocenters. The second-order valence-electron chi connectivity index (χ2n) is 8.19. The van der Waals surface area contributed by atoms with E-state index in [1.54, 1.807) is 38.1 Å². The van der Waals surface area contributed by atoms with Gasteiger partial charge < -0.3 is 24.6 Å². The van der Waals surface area contributed by atoms with Gasteiger partial charge >= 0.3 is 5.97 Å². The number of nitrogens with zero attached hydrogens (tertiary/aromatic N) is 2. The quantitative estimate of drug-likeness (QED) is 0.254. The van der Waals surface area contributed by atoms with Crippen LogP contribution in [0.4, 0.5) is 0 Å². The van der Waals surface area contributed by atoms with Gasteiger partial charge in [-0.15, -0.1) is 0 Å². The van der Waals surface area contributed by atoms with Crippen molar-refractivity contribution in [3.05, 3.63) is 62.9 Å². The highest BCUT2D eigenvalue weighted by Gasteiger charge is 2.46. The molecule has 1 atom stereocenters. The van der Waals surface area contributed by atoms with Crippen LogP contribution in [0.25, 0.3) is 5.76 Å². The third-order valence-corrected chi connectivity index (χ3v) is 6.55. The van der Waals surface area contributed by atoms with E-state index in [-0.39, 0.29) is 17.0 Å². The molecule has 1 aromatic heterocycles. The maximum atomic E-state index is 13.2. The number of carbonyl (C=O) groups excluding carboxylic acids is 3. The van der Waals surface area contributed by atoms with E-state index < -0.39 is 23.7 Å². The number of esters is 1. The number of hydrogen-bond acceptors (Lipinski definition) is 6. The molecule has 0 bridgehead atoms. The van der Waals surface area contributed by atoms with E-state index in [4.69, 9.17) is 16.3 Å². The SMILES string of the molecule is CCN(CC)CCN1C(=O)C(=O)/C(=C(/O)c2c(C)[nH]c(C(=O)OC)c2C)[C@H]1c1cccc(Cl)c1. The zero-order valence-corrected chi connectivity index (χ0v) is 20.8. The topological polar surface area (TPSA) is 103 Å². The van der Waals surface area contributed by atoms with Gasteiger partial charge in [0.2, 0.25) is 0 Å². The van der Waals surface area contributed by atoms with Crippen LogP contribution in [0.3, 0.4) is 0 Å². The Hall–Kier alpha value is -3.10. The van der Waals surface area contributed by atoms with E-state index in [0.717, 1.165) is 13.1 Å². The fourth-order valence-corrected chi connectivity index (χ4v) is 4.67. The fraction of sp³-hybridized carbons (Fsp3) is 0.400. The van der Waals surface area contributed by atoms with Gasteiger partial charge in [0.25, 0.3) is 11.7 Å². The number of aromatic amines is 1. The molecule has 3 rings (SSSR count). The maximum Gasteiger partial charge on any atom is 0.354 e. The number of rotatable bonds is 8. The Balaban J connectivity index is 2.19. The molecule has 2 N–H and O–H groups in total. The Morgan fingerprint density at radius 3 is 2.50 bits per heavy atom. The number of aliphatic hydroxyl groups is 1. The molecule has 2 heterocycles. The van der Waals surface area contributed by atoms with Crippen LogP contribution in [0.15, 0.2) is 29.8 Å². The average Bonchev–Trinajstić information content (AvgIpc) is 3.26. The van der Waals surface area contributed by atoms with Crippen molar-refractivity contribution in [2.24, 2.45) is 0 Å². The molecule has 0 aliphatic carbocycles. The standard InChI is InChI=1S/C25H30ClN3O5/c1-6-28(7-2)11-12-29-21(16-9-8-10-17(26)13-16)19(23(31)24(29)32)22(30)18-14(3)20(25(33)34-5)27-15(18)4/h8-10,13,21,27,30H,6-7,11-12H2,1-5H3/b22-19+/t21-/m1/s1. The van der Waals surface area contributed by atoms with Crippen LogP contribution in [0.2, 0.25) is 5.02 Å². The van der Waals surface area contributed by atoms with Crippen molar-refractivity contribution in [1.82, 2.24) is 14.8 Å². The monoisotopic (exact) mass is 487 g/mol. The Labute approximate surface area is 204 Å². The number of methoxy groups -OCH3 is 1. The number of hydrogen-bond donors (Lipinski definition) is 2. The van der Waals surface area contributed by atoms with Crippen molar-refractivity contribution in [2.45, 2.75) is 33.7 Å². The van der Waals surface area contributed by atoms with Crippen molar-refractivity contribution in [3.63, 3.8) is 0 Å². The summed E-state index contributed by atoms with van der Waals surface area (Å²) in [5.41, 5.74) is 1.97. The van der Waals surface area contributed by atoms with Gasteiger partial charge in [-0.05, 0) is 50.2 Å². The highest BCUT2D eigenvalue weighted by atomic mass is 35.5. The number of benzene rings is 1. The van der Waals surface area contributed by atoms with E-state index in [0.29, 0.717) is 40.5 Å². The van der Waals surface area contributed by atoms with Crippen LogP contribution < -0.4 is 0 Å². The lowest BCUT2D eigenvalue weighted by Crippen LogP contribution is -2.38. The lowest BCUT2D eigenvalue weighted by atomic mass is 9.94. The number of aliphatic hydroxyl groups excluding tert-OH is 1. The lowest BCUT2D eigenvalue weighted by Gasteiger charge is -2.28. The second-order valence-corrected chi connectivity index (χ2v) is 8.63. The molecular weight excluding hydrogens is 458 g/mol. The first-order valence-electron chi connectivity index (χ1n) is 11.2. The molecule has 1 saturated heterocycles. The summed E-state index contributed by atoms with van der Waals surface area (Å²) >= 11 is 6.23. The number of halogens is 1. The molecule has 8 nitrogen and oxygen atoms in total. The Bertz CT molecular complexity index is 1150. The first kappa shape index (κ1) is 25.5. The highest BCUT2D eigenvalue weighted by Crippen LogP contribution is 2.41. The van der Waals surface area contributed by atoms with Crippen molar-refractivity contribution >= 4 is 35.0 Å². The van der Waals surface area contributed by atoms with Gasteiger partial charge in [0, 0.05) is 29.4 Å². The van der Waals surface area contributed by atoms with Crippen molar-refractivity contribution in [1.29, 1.82) is 0 Å². The Morgan fingerprint density at radius 2 is 1.91 bits per heavy atom. The van der Waals surface area contributed by atoms with E-state index in [1.165, 1.54) is 12.0 Å². The van der Waals surface area contributed by atoms with Crippen LogP contribution in [-0.4, -0.2) is 70.8 Å².